The van der Waals surface area contributed by atoms with Gasteiger partial charge in [-0.1, -0.05) is 72.2 Å². The quantitative estimate of drug-likeness (QED) is 0.308. The summed E-state index contributed by atoms with van der Waals surface area (Å²) in [4.78, 5) is 12.9. The average Bonchev–Trinajstić information content (AvgIpc) is 2.79. The lowest BCUT2D eigenvalue weighted by Crippen LogP contribution is -2.34. The van der Waals surface area contributed by atoms with Crippen LogP contribution < -0.4 is 20.1 Å². The number of nitrogens with one attached hydrogen (secondary N) is 2. The second-order valence-electron chi connectivity index (χ2n) is 7.85. The molecule has 5 nitrogen and oxygen atoms in total. The molecular weight excluding hydrogens is 500 g/mol. The van der Waals surface area contributed by atoms with Gasteiger partial charge in [-0.15, -0.1) is 0 Å². The first-order valence-corrected chi connectivity index (χ1v) is 11.9. The van der Waals surface area contributed by atoms with Crippen LogP contribution in [-0.2, 0) is 6.61 Å². The Morgan fingerprint density at radius 3 is 2.45 bits per heavy atom. The molecule has 0 spiro atoms. The maximum atomic E-state index is 12.9. The molecule has 0 aliphatic heterocycles. The van der Waals surface area contributed by atoms with Crippen molar-refractivity contribution in [1.29, 1.82) is 0 Å². The third-order valence-electron chi connectivity index (χ3n) is 4.74. The van der Waals surface area contributed by atoms with E-state index in [0.29, 0.717) is 41.9 Å². The molecule has 0 heterocycles. The van der Waals surface area contributed by atoms with Crippen LogP contribution in [0.5, 0.6) is 11.5 Å². The van der Waals surface area contributed by atoms with Crippen molar-refractivity contribution in [3.63, 3.8) is 0 Å². The number of rotatable bonds is 9. The van der Waals surface area contributed by atoms with Crippen molar-refractivity contribution in [3.05, 3.63) is 88.4 Å². The van der Waals surface area contributed by atoms with Gasteiger partial charge in [0, 0.05) is 4.47 Å². The second kappa shape index (κ2) is 12.4. The van der Waals surface area contributed by atoms with E-state index in [4.69, 9.17) is 21.7 Å². The largest absolute Gasteiger partial charge is 0.493 e. The van der Waals surface area contributed by atoms with Gasteiger partial charge >= 0.3 is 0 Å². The van der Waals surface area contributed by atoms with E-state index in [9.17, 15) is 4.79 Å². The number of para-hydroxylation sites is 2. The first-order valence-electron chi connectivity index (χ1n) is 10.7. The van der Waals surface area contributed by atoms with E-state index in [0.717, 1.165) is 16.5 Å². The fraction of sp³-hybridized carbons (Fsp3) is 0.231. The molecule has 172 valence electrons. The summed E-state index contributed by atoms with van der Waals surface area (Å²) in [6, 6.07) is 22.7. The van der Waals surface area contributed by atoms with Crippen LogP contribution in [0.1, 0.15) is 36.2 Å². The number of carbonyl (C=O) groups excluding carboxylic acids is 1. The summed E-state index contributed by atoms with van der Waals surface area (Å²) in [6.45, 7) is 5.22. The molecule has 0 saturated heterocycles. The van der Waals surface area contributed by atoms with E-state index in [1.165, 1.54) is 0 Å². The van der Waals surface area contributed by atoms with Crippen LogP contribution in [0.4, 0.5) is 5.69 Å². The van der Waals surface area contributed by atoms with Crippen molar-refractivity contribution in [2.75, 3.05) is 11.9 Å². The molecule has 0 radical (unpaired) electrons. The Labute approximate surface area is 208 Å². The summed E-state index contributed by atoms with van der Waals surface area (Å²) in [5, 5.41) is 5.97. The van der Waals surface area contributed by atoms with Gasteiger partial charge in [-0.25, -0.2) is 0 Å². The summed E-state index contributed by atoms with van der Waals surface area (Å²) >= 11 is 8.82. The summed E-state index contributed by atoms with van der Waals surface area (Å²) in [5.41, 5.74) is 2.13. The fourth-order valence-electron chi connectivity index (χ4n) is 2.97. The fourth-order valence-corrected chi connectivity index (χ4v) is 3.53. The molecule has 0 aromatic heterocycles. The Balaban J connectivity index is 1.64. The summed E-state index contributed by atoms with van der Waals surface area (Å²) in [5.74, 6) is 1.32. The number of amides is 1. The van der Waals surface area contributed by atoms with Crippen molar-refractivity contribution >= 4 is 44.9 Å². The molecular formula is C26H27BrN2O3S. The van der Waals surface area contributed by atoms with Gasteiger partial charge in [0.05, 0.1) is 17.9 Å². The van der Waals surface area contributed by atoms with Gasteiger partial charge in [0.15, 0.2) is 5.11 Å². The minimum Gasteiger partial charge on any atom is -0.493 e. The lowest BCUT2D eigenvalue weighted by Gasteiger charge is -2.16. The van der Waals surface area contributed by atoms with Gasteiger partial charge in [-0.05, 0) is 60.5 Å². The number of hydrogen-bond donors (Lipinski definition) is 2. The predicted octanol–water partition coefficient (Wildman–Crippen LogP) is 6.58. The van der Waals surface area contributed by atoms with Crippen molar-refractivity contribution in [1.82, 2.24) is 5.32 Å². The van der Waals surface area contributed by atoms with E-state index in [-0.39, 0.29) is 11.0 Å². The monoisotopic (exact) mass is 526 g/mol. The third kappa shape index (κ3) is 7.87. The number of hydrogen-bond acceptors (Lipinski definition) is 4. The smallest absolute Gasteiger partial charge is 0.261 e. The van der Waals surface area contributed by atoms with Gasteiger partial charge in [-0.3, -0.25) is 10.1 Å². The molecule has 0 aliphatic carbocycles. The van der Waals surface area contributed by atoms with Crippen molar-refractivity contribution < 1.29 is 14.3 Å². The Kier molecular flexibility index (Phi) is 9.27. The highest BCUT2D eigenvalue weighted by Crippen LogP contribution is 2.26. The van der Waals surface area contributed by atoms with Crippen molar-refractivity contribution in [2.24, 2.45) is 5.92 Å². The number of ether oxygens (including phenoxy) is 2. The van der Waals surface area contributed by atoms with Crippen molar-refractivity contribution in [3.8, 4) is 11.5 Å². The minimum atomic E-state index is -0.351. The molecule has 0 atom stereocenters. The molecule has 0 aliphatic rings. The molecule has 3 aromatic rings. The highest BCUT2D eigenvalue weighted by molar-refractivity contribution is 9.10. The van der Waals surface area contributed by atoms with Crippen LogP contribution in [0, 0.1) is 5.92 Å². The lowest BCUT2D eigenvalue weighted by atomic mass is 10.1. The molecule has 0 unspecified atom stereocenters. The SMILES string of the molecule is CC(C)CCOc1ccc(Br)cc1C(=O)NC(=S)Nc1ccccc1OCc1ccccc1. The number of thiocarbonyl (C=S) groups is 1. The minimum absolute atomic E-state index is 0.170. The molecule has 7 heteroatoms. The van der Waals surface area contributed by atoms with Crippen LogP contribution in [-0.4, -0.2) is 17.6 Å². The zero-order valence-corrected chi connectivity index (χ0v) is 21.0. The van der Waals surface area contributed by atoms with Gasteiger partial charge in [0.1, 0.15) is 18.1 Å². The molecule has 0 fully saturated rings. The number of halogens is 1. The van der Waals surface area contributed by atoms with Crippen LogP contribution in [0.25, 0.3) is 0 Å². The topological polar surface area (TPSA) is 59.6 Å². The predicted molar refractivity (Wildman–Crippen MR) is 140 cm³/mol. The highest BCUT2D eigenvalue weighted by Gasteiger charge is 2.16. The molecule has 33 heavy (non-hydrogen) atoms. The highest BCUT2D eigenvalue weighted by atomic mass is 79.9. The zero-order valence-electron chi connectivity index (χ0n) is 18.6. The maximum Gasteiger partial charge on any atom is 0.261 e. The summed E-state index contributed by atoms with van der Waals surface area (Å²) in [6.07, 6.45) is 0.900. The molecule has 0 bridgehead atoms. The Morgan fingerprint density at radius 1 is 0.970 bits per heavy atom. The lowest BCUT2D eigenvalue weighted by molar-refractivity contribution is 0.0973. The summed E-state index contributed by atoms with van der Waals surface area (Å²) < 4.78 is 12.6. The van der Waals surface area contributed by atoms with E-state index in [1.807, 2.05) is 60.7 Å². The second-order valence-corrected chi connectivity index (χ2v) is 9.17. The van der Waals surface area contributed by atoms with Gasteiger partial charge in [0.25, 0.3) is 5.91 Å². The summed E-state index contributed by atoms with van der Waals surface area (Å²) in [7, 11) is 0. The van der Waals surface area contributed by atoms with E-state index in [1.54, 1.807) is 12.1 Å². The van der Waals surface area contributed by atoms with Gasteiger partial charge in [0.2, 0.25) is 0 Å². The van der Waals surface area contributed by atoms with Gasteiger partial charge in [-0.2, -0.15) is 0 Å². The number of carbonyl (C=O) groups is 1. The first-order chi connectivity index (χ1) is 15.9. The van der Waals surface area contributed by atoms with Crippen LogP contribution in [0.15, 0.2) is 77.3 Å². The molecule has 3 aromatic carbocycles. The maximum absolute atomic E-state index is 12.9. The standard InChI is InChI=1S/C26H27BrN2O3S/c1-18(2)14-15-31-23-13-12-20(27)16-21(23)25(30)29-26(33)28-22-10-6-7-11-24(22)32-17-19-8-4-3-5-9-19/h3-13,16,18H,14-15,17H2,1-2H3,(H2,28,29,30,33). The average molecular weight is 527 g/mol. The van der Waals surface area contributed by atoms with Crippen LogP contribution in [0.2, 0.25) is 0 Å². The molecule has 0 saturated carbocycles. The molecule has 1 amide bonds. The molecule has 3 rings (SSSR count). The Morgan fingerprint density at radius 2 is 1.70 bits per heavy atom. The van der Waals surface area contributed by atoms with Gasteiger partial charge < -0.3 is 14.8 Å². The van der Waals surface area contributed by atoms with Crippen LogP contribution >= 0.6 is 28.1 Å². The van der Waals surface area contributed by atoms with E-state index < -0.39 is 0 Å². The Bertz CT molecular complexity index is 1090. The van der Waals surface area contributed by atoms with E-state index >= 15 is 0 Å². The number of benzene rings is 3. The van der Waals surface area contributed by atoms with E-state index in [2.05, 4.69) is 40.4 Å². The first kappa shape index (κ1) is 24.7. The van der Waals surface area contributed by atoms with Crippen molar-refractivity contribution in [2.45, 2.75) is 26.9 Å². The molecule has 2 N–H and O–H groups in total. The Hall–Kier alpha value is -2.90. The zero-order chi connectivity index (χ0) is 23.6. The number of anilines is 1. The van der Waals surface area contributed by atoms with Crippen LogP contribution in [0.3, 0.4) is 0 Å². The third-order valence-corrected chi connectivity index (χ3v) is 5.44. The normalized spacial score (nSPS) is 10.5.